The molecule has 0 unspecified atom stereocenters. The van der Waals surface area contributed by atoms with Crippen LogP contribution in [0.5, 0.6) is 0 Å². The van der Waals surface area contributed by atoms with Crippen LogP contribution >= 0.6 is 11.6 Å². The molecule has 10 nitrogen and oxygen atoms in total. The second kappa shape index (κ2) is 6.17. The molecular formula is C14H10ClN9O. The van der Waals surface area contributed by atoms with Crippen LogP contribution in [-0.2, 0) is 0 Å². The van der Waals surface area contributed by atoms with Crippen LogP contribution in [0.2, 0.25) is 5.02 Å². The summed E-state index contributed by atoms with van der Waals surface area (Å²) in [5, 5.41) is 17.6. The van der Waals surface area contributed by atoms with E-state index < -0.39 is 6.03 Å². The minimum atomic E-state index is -0.458. The van der Waals surface area contributed by atoms with Gasteiger partial charge in [-0.05, 0) is 6.07 Å². The number of hydrogen-bond donors (Lipinski definition) is 2. The summed E-state index contributed by atoms with van der Waals surface area (Å²) in [5.74, 6) is 0.367. The summed E-state index contributed by atoms with van der Waals surface area (Å²) in [6.07, 6.45) is 9.34. The van der Waals surface area contributed by atoms with Crippen molar-refractivity contribution in [3.05, 3.63) is 54.3 Å². The molecule has 4 heterocycles. The van der Waals surface area contributed by atoms with Gasteiger partial charge in [0.15, 0.2) is 11.5 Å². The topological polar surface area (TPSA) is 115 Å². The van der Waals surface area contributed by atoms with Crippen LogP contribution in [-0.4, -0.2) is 40.6 Å². The average molecular weight is 356 g/mol. The molecule has 25 heavy (non-hydrogen) atoms. The molecule has 2 N–H and O–H groups in total. The molecular weight excluding hydrogens is 346 g/mol. The number of amides is 2. The van der Waals surface area contributed by atoms with Crippen LogP contribution in [0.15, 0.2) is 49.3 Å². The number of fused-ring (bicyclic) bond motifs is 1. The van der Waals surface area contributed by atoms with E-state index in [0.717, 1.165) is 0 Å². The van der Waals surface area contributed by atoms with Crippen LogP contribution < -0.4 is 10.6 Å². The number of halogens is 1. The van der Waals surface area contributed by atoms with E-state index in [2.05, 4.69) is 35.9 Å². The lowest BCUT2D eigenvalue weighted by Gasteiger charge is -2.09. The van der Waals surface area contributed by atoms with Crippen molar-refractivity contribution in [2.45, 2.75) is 0 Å². The highest BCUT2D eigenvalue weighted by Gasteiger charge is 2.10. The van der Waals surface area contributed by atoms with Crippen LogP contribution in [0.25, 0.3) is 11.5 Å². The number of anilines is 2. The fourth-order valence-corrected chi connectivity index (χ4v) is 2.39. The summed E-state index contributed by atoms with van der Waals surface area (Å²) in [5.41, 5.74) is 1.56. The zero-order valence-electron chi connectivity index (χ0n) is 12.5. The molecule has 0 bridgehead atoms. The van der Waals surface area contributed by atoms with E-state index in [1.165, 1.54) is 29.6 Å². The summed E-state index contributed by atoms with van der Waals surface area (Å²) in [4.78, 5) is 21.6. The lowest BCUT2D eigenvalue weighted by molar-refractivity contribution is 0.262. The number of nitrogens with zero attached hydrogens (tertiary/aromatic N) is 7. The zero-order valence-corrected chi connectivity index (χ0v) is 13.3. The van der Waals surface area contributed by atoms with Crippen molar-refractivity contribution in [1.82, 2.24) is 34.6 Å². The molecule has 4 aromatic heterocycles. The molecule has 0 fully saturated rings. The summed E-state index contributed by atoms with van der Waals surface area (Å²) in [6, 6.07) is 2.80. The Hall–Kier alpha value is -3.53. The summed E-state index contributed by atoms with van der Waals surface area (Å²) >= 11 is 6.16. The number of carbonyl (C=O) groups is 1. The molecule has 124 valence electrons. The molecule has 0 spiro atoms. The molecule has 0 aromatic carbocycles. The highest BCUT2D eigenvalue weighted by atomic mass is 35.5. The number of urea groups is 1. The van der Waals surface area contributed by atoms with Crippen LogP contribution in [0, 0.1) is 0 Å². The van der Waals surface area contributed by atoms with Gasteiger partial charge in [0.1, 0.15) is 0 Å². The maximum Gasteiger partial charge on any atom is 0.323 e. The number of nitrogens with one attached hydrogen (secondary N) is 2. The van der Waals surface area contributed by atoms with Gasteiger partial charge < -0.3 is 10.6 Å². The second-order valence-corrected chi connectivity index (χ2v) is 5.31. The van der Waals surface area contributed by atoms with Gasteiger partial charge in [-0.2, -0.15) is 15.3 Å². The first kappa shape index (κ1) is 15.0. The maximum absolute atomic E-state index is 12.1. The average Bonchev–Trinajstić information content (AvgIpc) is 3.25. The Labute approximate surface area is 145 Å². The fraction of sp³-hybridized carbons (Fsp3) is 0. The number of hydrogen-bond acceptors (Lipinski definition) is 6. The zero-order chi connectivity index (χ0) is 17.2. The molecule has 4 rings (SSSR count). The van der Waals surface area contributed by atoms with E-state index in [1.54, 1.807) is 29.0 Å². The Balaban J connectivity index is 1.47. The Morgan fingerprint density at radius 2 is 1.72 bits per heavy atom. The van der Waals surface area contributed by atoms with Gasteiger partial charge in [-0.1, -0.05) is 11.6 Å². The highest BCUT2D eigenvalue weighted by Crippen LogP contribution is 2.20. The molecule has 0 atom stereocenters. The molecule has 0 saturated carbocycles. The maximum atomic E-state index is 12.1. The molecule has 2 amide bonds. The van der Waals surface area contributed by atoms with Crippen molar-refractivity contribution in [2.24, 2.45) is 0 Å². The largest absolute Gasteiger partial charge is 0.323 e. The van der Waals surface area contributed by atoms with Crippen LogP contribution in [0.1, 0.15) is 0 Å². The Morgan fingerprint density at radius 1 is 0.960 bits per heavy atom. The van der Waals surface area contributed by atoms with Crippen molar-refractivity contribution in [2.75, 3.05) is 10.6 Å². The first-order valence-corrected chi connectivity index (χ1v) is 7.46. The molecule has 0 radical (unpaired) electrons. The molecule has 0 aliphatic heterocycles. The first-order chi connectivity index (χ1) is 12.2. The van der Waals surface area contributed by atoms with Crippen molar-refractivity contribution >= 4 is 34.7 Å². The van der Waals surface area contributed by atoms with E-state index in [4.69, 9.17) is 11.6 Å². The molecule has 0 aliphatic carbocycles. The van der Waals surface area contributed by atoms with Crippen molar-refractivity contribution in [1.29, 1.82) is 0 Å². The normalized spacial score (nSPS) is 10.8. The number of carbonyl (C=O) groups excluding carboxylic acids is 1. The van der Waals surface area contributed by atoms with E-state index in [1.807, 2.05) is 0 Å². The van der Waals surface area contributed by atoms with Gasteiger partial charge in [0.25, 0.3) is 0 Å². The third-order valence-corrected chi connectivity index (χ3v) is 3.48. The fourth-order valence-electron chi connectivity index (χ4n) is 2.14. The third-order valence-electron chi connectivity index (χ3n) is 3.20. The van der Waals surface area contributed by atoms with E-state index in [0.29, 0.717) is 27.9 Å². The number of imidazole rings is 1. The molecule has 4 aromatic rings. The second-order valence-electron chi connectivity index (χ2n) is 4.90. The van der Waals surface area contributed by atoms with Gasteiger partial charge in [0, 0.05) is 18.5 Å². The molecule has 0 aliphatic rings. The van der Waals surface area contributed by atoms with Gasteiger partial charge in [-0.15, -0.1) is 4.80 Å². The van der Waals surface area contributed by atoms with Crippen LogP contribution in [0.4, 0.5) is 16.2 Å². The van der Waals surface area contributed by atoms with Gasteiger partial charge in [-0.25, -0.2) is 19.3 Å². The smallest absolute Gasteiger partial charge is 0.306 e. The first-order valence-electron chi connectivity index (χ1n) is 7.09. The van der Waals surface area contributed by atoms with Crippen molar-refractivity contribution < 1.29 is 4.79 Å². The van der Waals surface area contributed by atoms with Crippen molar-refractivity contribution in [3.63, 3.8) is 0 Å². The summed E-state index contributed by atoms with van der Waals surface area (Å²) < 4.78 is 1.59. The van der Waals surface area contributed by atoms with Gasteiger partial charge in [0.05, 0.1) is 41.2 Å². The third kappa shape index (κ3) is 3.10. The standard InChI is InChI=1S/C14H10ClN9O/c15-11-5-9(7-17-13(11)24-18-1-2-19-24)21-14(25)22-10-6-12-16-3-4-23(12)20-8-10/h1-8H,(H2,21,22,25). The predicted octanol–water partition coefficient (Wildman–Crippen LogP) is 2.00. The number of pyridine rings is 1. The van der Waals surface area contributed by atoms with E-state index in [-0.39, 0.29) is 0 Å². The SMILES string of the molecule is O=C(Nc1cnc(-n2nccn2)c(Cl)c1)Nc1cnn2ccnc2c1. The number of aromatic nitrogens is 7. The quantitative estimate of drug-likeness (QED) is 0.580. The van der Waals surface area contributed by atoms with Gasteiger partial charge in [-0.3, -0.25) is 0 Å². The minimum Gasteiger partial charge on any atom is -0.306 e. The highest BCUT2D eigenvalue weighted by molar-refractivity contribution is 6.32. The van der Waals surface area contributed by atoms with E-state index in [9.17, 15) is 4.79 Å². The Kier molecular flexibility index (Phi) is 3.71. The predicted molar refractivity (Wildman–Crippen MR) is 89.8 cm³/mol. The van der Waals surface area contributed by atoms with Gasteiger partial charge in [0.2, 0.25) is 0 Å². The van der Waals surface area contributed by atoms with Crippen molar-refractivity contribution in [3.8, 4) is 5.82 Å². The lowest BCUT2D eigenvalue weighted by atomic mass is 10.4. The monoisotopic (exact) mass is 355 g/mol. The molecule has 11 heteroatoms. The summed E-state index contributed by atoms with van der Waals surface area (Å²) in [6.45, 7) is 0. The summed E-state index contributed by atoms with van der Waals surface area (Å²) in [7, 11) is 0. The molecule has 0 saturated heterocycles. The number of rotatable bonds is 3. The Bertz CT molecular complexity index is 1040. The Morgan fingerprint density at radius 3 is 2.48 bits per heavy atom. The van der Waals surface area contributed by atoms with Gasteiger partial charge >= 0.3 is 6.03 Å². The van der Waals surface area contributed by atoms with E-state index >= 15 is 0 Å². The lowest BCUT2D eigenvalue weighted by Crippen LogP contribution is -2.20. The minimum absolute atomic E-state index is 0.300. The van der Waals surface area contributed by atoms with Crippen LogP contribution in [0.3, 0.4) is 0 Å².